The number of hydrogen-bond acceptors (Lipinski definition) is 1. The lowest BCUT2D eigenvalue weighted by atomic mass is 10.0. The molecule has 2 aromatic heterocycles. The maximum absolute atomic E-state index is 2.49. The molecule has 9 aromatic rings. The van der Waals surface area contributed by atoms with Crippen LogP contribution in [0.1, 0.15) is 0 Å². The SMILES string of the molecule is c1ccc(N(c2ccccc2)c2ccc3cc4c5cccc6c7cc8ccccc8cc7n(c4cc3c2)c65)cc1. The number of fused-ring (bicyclic) bond motifs is 8. The average Bonchev–Trinajstić information content (AvgIpc) is 3.51. The Morgan fingerprint density at radius 3 is 1.50 bits per heavy atom. The van der Waals surface area contributed by atoms with Gasteiger partial charge in [-0.2, -0.15) is 0 Å². The predicted octanol–water partition coefficient (Wildman–Crippen LogP) is 10.6. The van der Waals surface area contributed by atoms with E-state index in [9.17, 15) is 0 Å². The number of aromatic nitrogens is 1. The number of benzene rings is 7. The Balaban J connectivity index is 1.35. The van der Waals surface area contributed by atoms with Gasteiger partial charge < -0.3 is 9.30 Å². The first kappa shape index (κ1) is 21.6. The molecule has 0 spiro atoms. The van der Waals surface area contributed by atoms with E-state index in [0.717, 1.165) is 17.1 Å². The molecule has 0 amide bonds. The molecule has 186 valence electrons. The van der Waals surface area contributed by atoms with Crippen molar-refractivity contribution in [2.75, 3.05) is 4.90 Å². The molecule has 7 aromatic carbocycles. The van der Waals surface area contributed by atoms with Crippen LogP contribution < -0.4 is 4.90 Å². The molecular weight excluding hydrogens is 484 g/mol. The molecule has 0 fully saturated rings. The number of anilines is 3. The minimum absolute atomic E-state index is 1.15. The van der Waals surface area contributed by atoms with Gasteiger partial charge in [-0.15, -0.1) is 0 Å². The van der Waals surface area contributed by atoms with Gasteiger partial charge in [0.2, 0.25) is 0 Å². The van der Waals surface area contributed by atoms with Crippen LogP contribution in [0.3, 0.4) is 0 Å². The van der Waals surface area contributed by atoms with E-state index in [0.29, 0.717) is 0 Å². The van der Waals surface area contributed by atoms with E-state index in [2.05, 4.69) is 155 Å². The van der Waals surface area contributed by atoms with Crippen molar-refractivity contribution >= 4 is 76.7 Å². The van der Waals surface area contributed by atoms with Gasteiger partial charge in [-0.1, -0.05) is 84.9 Å². The molecule has 0 saturated carbocycles. The highest BCUT2D eigenvalue weighted by Crippen LogP contribution is 2.42. The van der Waals surface area contributed by atoms with Crippen LogP contribution in [0.2, 0.25) is 0 Å². The van der Waals surface area contributed by atoms with Crippen LogP contribution in [0.15, 0.2) is 146 Å². The first-order valence-corrected chi connectivity index (χ1v) is 13.8. The molecule has 2 nitrogen and oxygen atoms in total. The zero-order valence-corrected chi connectivity index (χ0v) is 21.8. The summed E-state index contributed by atoms with van der Waals surface area (Å²) in [5.74, 6) is 0. The number of para-hydroxylation sites is 3. The molecular formula is C38H24N2. The molecule has 40 heavy (non-hydrogen) atoms. The van der Waals surface area contributed by atoms with Crippen LogP contribution in [-0.2, 0) is 0 Å². The van der Waals surface area contributed by atoms with E-state index in [-0.39, 0.29) is 0 Å². The van der Waals surface area contributed by atoms with E-state index in [1.165, 1.54) is 59.6 Å². The topological polar surface area (TPSA) is 7.65 Å². The van der Waals surface area contributed by atoms with Gasteiger partial charge in [-0.25, -0.2) is 0 Å². The second-order valence-corrected chi connectivity index (χ2v) is 10.7. The minimum Gasteiger partial charge on any atom is -0.310 e. The van der Waals surface area contributed by atoms with Crippen LogP contribution >= 0.6 is 0 Å². The van der Waals surface area contributed by atoms with Crippen molar-refractivity contribution in [3.63, 3.8) is 0 Å². The fraction of sp³-hybridized carbons (Fsp3) is 0. The van der Waals surface area contributed by atoms with Crippen molar-refractivity contribution in [2.45, 2.75) is 0 Å². The highest BCUT2D eigenvalue weighted by molar-refractivity contribution is 6.25. The van der Waals surface area contributed by atoms with Gasteiger partial charge in [0.25, 0.3) is 0 Å². The van der Waals surface area contributed by atoms with Crippen molar-refractivity contribution in [1.29, 1.82) is 0 Å². The first-order valence-electron chi connectivity index (χ1n) is 13.8. The number of hydrogen-bond donors (Lipinski definition) is 0. The van der Waals surface area contributed by atoms with Gasteiger partial charge in [0, 0.05) is 38.6 Å². The Morgan fingerprint density at radius 1 is 0.350 bits per heavy atom. The van der Waals surface area contributed by atoms with Crippen LogP contribution in [0, 0.1) is 0 Å². The van der Waals surface area contributed by atoms with Gasteiger partial charge >= 0.3 is 0 Å². The quantitative estimate of drug-likeness (QED) is 0.230. The van der Waals surface area contributed by atoms with Gasteiger partial charge in [0.1, 0.15) is 0 Å². The second kappa shape index (κ2) is 8.08. The van der Waals surface area contributed by atoms with Gasteiger partial charge in [-0.05, 0) is 82.2 Å². The molecule has 0 aliphatic carbocycles. The molecule has 9 rings (SSSR count). The Morgan fingerprint density at radius 2 is 0.875 bits per heavy atom. The summed E-state index contributed by atoms with van der Waals surface area (Å²) in [4.78, 5) is 2.33. The lowest BCUT2D eigenvalue weighted by molar-refractivity contribution is 1.29. The van der Waals surface area contributed by atoms with Gasteiger partial charge in [-0.3, -0.25) is 0 Å². The Labute approximate surface area is 231 Å². The summed E-state index contributed by atoms with van der Waals surface area (Å²) in [6, 6.07) is 53.0. The zero-order valence-electron chi connectivity index (χ0n) is 21.8. The van der Waals surface area contributed by atoms with E-state index in [4.69, 9.17) is 0 Å². The standard InChI is InChI=1S/C38H24N2/c1-3-12-29(13-4-1)39(30-14-5-2-6-15-30)31-19-18-27-22-35-33-17-9-16-32-34-21-25-10-7-8-11-26(25)23-36(34)40(38(32)33)37(35)24-28(27)20-31/h1-24H. The summed E-state index contributed by atoms with van der Waals surface area (Å²) in [6.07, 6.45) is 0. The Bertz CT molecular complexity index is 2330. The first-order chi connectivity index (χ1) is 19.8. The summed E-state index contributed by atoms with van der Waals surface area (Å²) in [7, 11) is 0. The largest absolute Gasteiger partial charge is 0.310 e. The smallest absolute Gasteiger partial charge is 0.0620 e. The van der Waals surface area contributed by atoms with Crippen molar-refractivity contribution in [3.05, 3.63) is 146 Å². The fourth-order valence-corrected chi connectivity index (χ4v) is 6.63. The number of nitrogens with zero attached hydrogens (tertiary/aromatic N) is 2. The van der Waals surface area contributed by atoms with Crippen LogP contribution in [0.5, 0.6) is 0 Å². The summed E-state index contributed by atoms with van der Waals surface area (Å²) < 4.78 is 2.49. The Kier molecular flexibility index (Phi) is 4.36. The van der Waals surface area contributed by atoms with E-state index < -0.39 is 0 Å². The fourth-order valence-electron chi connectivity index (χ4n) is 6.63. The van der Waals surface area contributed by atoms with Crippen molar-refractivity contribution in [2.24, 2.45) is 0 Å². The van der Waals surface area contributed by atoms with Gasteiger partial charge in [0.15, 0.2) is 0 Å². The summed E-state index contributed by atoms with van der Waals surface area (Å²) >= 11 is 0. The highest BCUT2D eigenvalue weighted by Gasteiger charge is 2.19. The maximum Gasteiger partial charge on any atom is 0.0620 e. The zero-order chi connectivity index (χ0) is 26.2. The monoisotopic (exact) mass is 508 g/mol. The molecule has 0 aliphatic rings. The van der Waals surface area contributed by atoms with Crippen LogP contribution in [0.4, 0.5) is 17.1 Å². The molecule has 0 radical (unpaired) electrons. The van der Waals surface area contributed by atoms with E-state index in [1.807, 2.05) is 0 Å². The third-order valence-electron chi connectivity index (χ3n) is 8.41. The second-order valence-electron chi connectivity index (χ2n) is 10.7. The van der Waals surface area contributed by atoms with Crippen molar-refractivity contribution < 1.29 is 0 Å². The van der Waals surface area contributed by atoms with E-state index >= 15 is 0 Å². The number of rotatable bonds is 3. The lowest BCUT2D eigenvalue weighted by Gasteiger charge is -2.25. The van der Waals surface area contributed by atoms with Gasteiger partial charge in [0.05, 0.1) is 16.6 Å². The third-order valence-corrected chi connectivity index (χ3v) is 8.41. The minimum atomic E-state index is 1.15. The molecule has 2 heteroatoms. The third kappa shape index (κ3) is 2.99. The molecule has 0 saturated heterocycles. The summed E-state index contributed by atoms with van der Waals surface area (Å²) in [6.45, 7) is 0. The maximum atomic E-state index is 2.49. The predicted molar refractivity (Wildman–Crippen MR) is 171 cm³/mol. The molecule has 0 N–H and O–H groups in total. The normalized spacial score (nSPS) is 12.0. The molecule has 2 heterocycles. The lowest BCUT2D eigenvalue weighted by Crippen LogP contribution is -2.09. The molecule has 0 bridgehead atoms. The average molecular weight is 509 g/mol. The molecule has 0 unspecified atom stereocenters. The Hall–Kier alpha value is -5.34. The molecule has 0 atom stereocenters. The van der Waals surface area contributed by atoms with Crippen LogP contribution in [-0.4, -0.2) is 4.40 Å². The van der Waals surface area contributed by atoms with Crippen LogP contribution in [0.25, 0.3) is 59.6 Å². The van der Waals surface area contributed by atoms with Crippen molar-refractivity contribution in [3.8, 4) is 0 Å². The van der Waals surface area contributed by atoms with E-state index in [1.54, 1.807) is 0 Å². The molecule has 0 aliphatic heterocycles. The van der Waals surface area contributed by atoms with Crippen molar-refractivity contribution in [1.82, 2.24) is 4.40 Å². The summed E-state index contributed by atoms with van der Waals surface area (Å²) in [5, 5.41) is 10.3. The summed E-state index contributed by atoms with van der Waals surface area (Å²) in [5.41, 5.74) is 7.28. The highest BCUT2D eigenvalue weighted by atomic mass is 15.1.